The summed E-state index contributed by atoms with van der Waals surface area (Å²) in [6, 6.07) is 3.24. The number of pyridine rings is 1. The third-order valence-corrected chi connectivity index (χ3v) is 1.51. The van der Waals surface area contributed by atoms with E-state index in [1.54, 1.807) is 19.1 Å². The van der Waals surface area contributed by atoms with Crippen LogP contribution in [0.5, 0.6) is 5.88 Å². The molecule has 0 aromatic carbocycles. The average Bonchev–Trinajstić information content (AvgIpc) is 2.01. The molecule has 1 rings (SSSR count). The second-order valence-electron chi connectivity index (χ2n) is 2.65. The summed E-state index contributed by atoms with van der Waals surface area (Å²) in [5, 5.41) is 10.2. The fraction of sp³-hybridized carbons (Fsp3) is 0.375. The highest BCUT2D eigenvalue weighted by Crippen LogP contribution is 2.12. The largest absolute Gasteiger partial charge is 0.481 e. The lowest BCUT2D eigenvalue weighted by Gasteiger charge is -2.01. The highest BCUT2D eigenvalue weighted by molar-refractivity contribution is 5.23. The molecular formula is C8H10N2O3. The Labute approximate surface area is 75.5 Å². The van der Waals surface area contributed by atoms with Crippen LogP contribution in [0, 0.1) is 17.0 Å². The first-order chi connectivity index (χ1) is 6.11. The topological polar surface area (TPSA) is 65.3 Å². The van der Waals surface area contributed by atoms with Crippen molar-refractivity contribution in [3.8, 4) is 5.88 Å². The van der Waals surface area contributed by atoms with E-state index in [1.807, 2.05) is 0 Å². The quantitative estimate of drug-likeness (QED) is 0.520. The predicted molar refractivity (Wildman–Crippen MR) is 46.2 cm³/mol. The molecule has 5 nitrogen and oxygen atoms in total. The molecule has 0 spiro atoms. The molecule has 0 saturated heterocycles. The second-order valence-corrected chi connectivity index (χ2v) is 2.65. The van der Waals surface area contributed by atoms with Gasteiger partial charge in [-0.2, -0.15) is 0 Å². The van der Waals surface area contributed by atoms with Gasteiger partial charge < -0.3 is 4.74 Å². The third-order valence-electron chi connectivity index (χ3n) is 1.51. The molecule has 0 atom stereocenters. The molecule has 1 heterocycles. The Morgan fingerprint density at radius 1 is 1.62 bits per heavy atom. The highest BCUT2D eigenvalue weighted by atomic mass is 16.6. The van der Waals surface area contributed by atoms with E-state index in [-0.39, 0.29) is 11.5 Å². The van der Waals surface area contributed by atoms with Gasteiger partial charge in [0.05, 0.1) is 7.11 Å². The van der Waals surface area contributed by atoms with Crippen LogP contribution < -0.4 is 4.74 Å². The Morgan fingerprint density at radius 3 is 2.85 bits per heavy atom. The van der Waals surface area contributed by atoms with Crippen molar-refractivity contribution in [3.05, 3.63) is 33.5 Å². The summed E-state index contributed by atoms with van der Waals surface area (Å²) in [6.45, 7) is 1.58. The van der Waals surface area contributed by atoms with Crippen LogP contribution in [0.25, 0.3) is 0 Å². The van der Waals surface area contributed by atoms with Crippen molar-refractivity contribution in [1.82, 2.24) is 4.98 Å². The predicted octanol–water partition coefficient (Wildman–Crippen LogP) is 1.18. The first-order valence-electron chi connectivity index (χ1n) is 3.75. The smallest absolute Gasteiger partial charge is 0.229 e. The Balaban J connectivity index is 2.94. The Kier molecular flexibility index (Phi) is 2.79. The minimum Gasteiger partial charge on any atom is -0.481 e. The molecule has 0 amide bonds. The van der Waals surface area contributed by atoms with Crippen LogP contribution in [0.3, 0.4) is 0 Å². The molecule has 0 unspecified atom stereocenters. The van der Waals surface area contributed by atoms with Crippen LogP contribution in [-0.4, -0.2) is 17.0 Å². The zero-order valence-corrected chi connectivity index (χ0v) is 7.48. The number of aromatic nitrogens is 1. The molecule has 0 aliphatic heterocycles. The van der Waals surface area contributed by atoms with E-state index in [0.717, 1.165) is 5.69 Å². The molecule has 0 aliphatic rings. The molecule has 0 fully saturated rings. The van der Waals surface area contributed by atoms with E-state index in [2.05, 4.69) is 4.98 Å². The third kappa shape index (κ3) is 2.70. The van der Waals surface area contributed by atoms with Crippen LogP contribution in [0.2, 0.25) is 0 Å². The summed E-state index contributed by atoms with van der Waals surface area (Å²) < 4.78 is 4.88. The van der Waals surface area contributed by atoms with Crippen molar-refractivity contribution in [3.63, 3.8) is 0 Å². The van der Waals surface area contributed by atoms with Gasteiger partial charge in [-0.15, -0.1) is 0 Å². The molecule has 0 radical (unpaired) electrons. The lowest BCUT2D eigenvalue weighted by molar-refractivity contribution is -0.496. The molecular weight excluding hydrogens is 172 g/mol. The lowest BCUT2D eigenvalue weighted by atomic mass is 10.2. The first kappa shape index (κ1) is 9.44. The van der Waals surface area contributed by atoms with Gasteiger partial charge in [0, 0.05) is 22.2 Å². The van der Waals surface area contributed by atoms with E-state index in [1.165, 1.54) is 7.11 Å². The minimum atomic E-state index is -0.381. The fourth-order valence-electron chi connectivity index (χ4n) is 1.05. The van der Waals surface area contributed by atoms with Crippen LogP contribution in [-0.2, 0) is 6.54 Å². The standard InChI is InChI=1S/C8H10N2O3/c1-6-3-7(5-10(11)12)4-8(9-6)13-2/h3-4H,5H2,1-2H3. The monoisotopic (exact) mass is 182 g/mol. The SMILES string of the molecule is COc1cc(C[N+](=O)[O-])cc(C)n1. The van der Waals surface area contributed by atoms with E-state index in [0.29, 0.717) is 11.4 Å². The van der Waals surface area contributed by atoms with Crippen molar-refractivity contribution in [2.24, 2.45) is 0 Å². The number of hydrogen-bond donors (Lipinski definition) is 0. The number of nitro groups is 1. The molecule has 13 heavy (non-hydrogen) atoms. The summed E-state index contributed by atoms with van der Waals surface area (Å²) in [5.41, 5.74) is 1.32. The molecule has 0 bridgehead atoms. The van der Waals surface area contributed by atoms with Crippen LogP contribution >= 0.6 is 0 Å². The van der Waals surface area contributed by atoms with Gasteiger partial charge in [-0.25, -0.2) is 4.98 Å². The number of rotatable bonds is 3. The van der Waals surface area contributed by atoms with Gasteiger partial charge in [0.25, 0.3) is 0 Å². The molecule has 1 aromatic rings. The normalized spacial score (nSPS) is 9.69. The van der Waals surface area contributed by atoms with Gasteiger partial charge in [0.1, 0.15) is 0 Å². The average molecular weight is 182 g/mol. The van der Waals surface area contributed by atoms with Crippen molar-refractivity contribution < 1.29 is 9.66 Å². The fourth-order valence-corrected chi connectivity index (χ4v) is 1.05. The highest BCUT2D eigenvalue weighted by Gasteiger charge is 2.05. The van der Waals surface area contributed by atoms with Crippen LogP contribution in [0.1, 0.15) is 11.3 Å². The van der Waals surface area contributed by atoms with Crippen LogP contribution in [0.4, 0.5) is 0 Å². The molecule has 1 aromatic heterocycles. The van der Waals surface area contributed by atoms with Crippen molar-refractivity contribution in [2.75, 3.05) is 7.11 Å². The number of hydrogen-bond acceptors (Lipinski definition) is 4. The summed E-state index contributed by atoms with van der Waals surface area (Å²) in [6.07, 6.45) is 0. The Hall–Kier alpha value is -1.65. The summed E-state index contributed by atoms with van der Waals surface area (Å²) in [4.78, 5) is 13.9. The zero-order chi connectivity index (χ0) is 9.84. The molecule has 5 heteroatoms. The first-order valence-corrected chi connectivity index (χ1v) is 3.75. The van der Waals surface area contributed by atoms with Gasteiger partial charge in [0.15, 0.2) is 0 Å². The summed E-state index contributed by atoms with van der Waals surface area (Å²) >= 11 is 0. The van der Waals surface area contributed by atoms with Crippen LogP contribution in [0.15, 0.2) is 12.1 Å². The minimum absolute atomic E-state index is 0.195. The van der Waals surface area contributed by atoms with Crippen molar-refractivity contribution in [2.45, 2.75) is 13.5 Å². The zero-order valence-electron chi connectivity index (χ0n) is 7.48. The summed E-state index contributed by atoms with van der Waals surface area (Å²) in [7, 11) is 1.48. The molecule has 0 N–H and O–H groups in total. The Morgan fingerprint density at radius 2 is 2.31 bits per heavy atom. The second kappa shape index (κ2) is 3.84. The maximum atomic E-state index is 10.2. The number of ether oxygens (including phenoxy) is 1. The number of aryl methyl sites for hydroxylation is 1. The number of methoxy groups -OCH3 is 1. The van der Waals surface area contributed by atoms with Crippen molar-refractivity contribution in [1.29, 1.82) is 0 Å². The van der Waals surface area contributed by atoms with Gasteiger partial charge in [0.2, 0.25) is 12.4 Å². The van der Waals surface area contributed by atoms with Crippen molar-refractivity contribution >= 4 is 0 Å². The maximum Gasteiger partial charge on any atom is 0.229 e. The molecule has 70 valence electrons. The van der Waals surface area contributed by atoms with E-state index in [9.17, 15) is 10.1 Å². The van der Waals surface area contributed by atoms with E-state index in [4.69, 9.17) is 4.74 Å². The maximum absolute atomic E-state index is 10.2. The van der Waals surface area contributed by atoms with E-state index >= 15 is 0 Å². The Bertz CT molecular complexity index is 325. The molecule has 0 saturated carbocycles. The van der Waals surface area contributed by atoms with Gasteiger partial charge in [-0.05, 0) is 13.0 Å². The molecule has 0 aliphatic carbocycles. The lowest BCUT2D eigenvalue weighted by Crippen LogP contribution is -2.00. The summed E-state index contributed by atoms with van der Waals surface area (Å²) in [5.74, 6) is 0.414. The van der Waals surface area contributed by atoms with Gasteiger partial charge in [-0.3, -0.25) is 10.1 Å². The van der Waals surface area contributed by atoms with Gasteiger partial charge in [-0.1, -0.05) is 0 Å². The number of nitrogens with zero attached hydrogens (tertiary/aromatic N) is 2. The van der Waals surface area contributed by atoms with Gasteiger partial charge >= 0.3 is 0 Å². The van der Waals surface area contributed by atoms with E-state index < -0.39 is 0 Å².